The van der Waals surface area contributed by atoms with E-state index in [1.807, 2.05) is 5.38 Å². The van der Waals surface area contributed by atoms with Crippen LogP contribution in [0.3, 0.4) is 0 Å². The topological polar surface area (TPSA) is 52.0 Å². The highest BCUT2D eigenvalue weighted by molar-refractivity contribution is 7.09. The Morgan fingerprint density at radius 2 is 2.36 bits per heavy atom. The minimum atomic E-state index is -0.155. The van der Waals surface area contributed by atoms with Gasteiger partial charge in [0.2, 0.25) is 0 Å². The Kier molecular flexibility index (Phi) is 3.09. The van der Waals surface area contributed by atoms with Crippen molar-refractivity contribution in [3.8, 4) is 6.07 Å². The quantitative estimate of drug-likeness (QED) is 0.774. The van der Waals surface area contributed by atoms with Gasteiger partial charge in [-0.1, -0.05) is 0 Å². The Labute approximate surface area is 87.2 Å². The second kappa shape index (κ2) is 4.51. The molecule has 14 heavy (non-hydrogen) atoms. The van der Waals surface area contributed by atoms with E-state index in [9.17, 15) is 0 Å². The SMILES string of the molecule is N#CC(c1nccs1)N1CCNCC1. The lowest BCUT2D eigenvalue weighted by atomic mass is 10.2. The molecule has 1 fully saturated rings. The molecule has 1 saturated heterocycles. The van der Waals surface area contributed by atoms with Crippen molar-refractivity contribution in [1.82, 2.24) is 15.2 Å². The van der Waals surface area contributed by atoms with Gasteiger partial charge >= 0.3 is 0 Å². The molecule has 4 nitrogen and oxygen atoms in total. The van der Waals surface area contributed by atoms with Gasteiger partial charge in [-0.05, 0) is 0 Å². The number of aromatic nitrogens is 1. The molecule has 0 aromatic carbocycles. The lowest BCUT2D eigenvalue weighted by molar-refractivity contribution is 0.207. The van der Waals surface area contributed by atoms with E-state index in [1.54, 1.807) is 17.5 Å². The zero-order chi connectivity index (χ0) is 9.80. The normalized spacial score (nSPS) is 20.2. The Morgan fingerprint density at radius 1 is 1.57 bits per heavy atom. The van der Waals surface area contributed by atoms with Crippen LogP contribution in [0.2, 0.25) is 0 Å². The van der Waals surface area contributed by atoms with Crippen molar-refractivity contribution < 1.29 is 0 Å². The standard InChI is InChI=1S/C9H12N4S/c10-7-8(9-12-3-6-14-9)13-4-1-11-2-5-13/h3,6,8,11H,1-2,4-5H2. The molecule has 1 aliphatic rings. The van der Waals surface area contributed by atoms with Crippen molar-refractivity contribution in [2.45, 2.75) is 6.04 Å². The lowest BCUT2D eigenvalue weighted by Crippen LogP contribution is -2.44. The van der Waals surface area contributed by atoms with Crippen LogP contribution in [-0.2, 0) is 0 Å². The molecule has 1 N–H and O–H groups in total. The van der Waals surface area contributed by atoms with Gasteiger partial charge in [0.1, 0.15) is 5.01 Å². The molecule has 1 aromatic rings. The van der Waals surface area contributed by atoms with Gasteiger partial charge in [-0.2, -0.15) is 5.26 Å². The van der Waals surface area contributed by atoms with Gasteiger partial charge in [0, 0.05) is 37.8 Å². The Hall–Kier alpha value is -0.960. The van der Waals surface area contributed by atoms with Crippen molar-refractivity contribution in [1.29, 1.82) is 5.26 Å². The van der Waals surface area contributed by atoms with Crippen LogP contribution in [-0.4, -0.2) is 36.1 Å². The molecular weight excluding hydrogens is 196 g/mol. The minimum absolute atomic E-state index is 0.155. The van der Waals surface area contributed by atoms with E-state index in [-0.39, 0.29) is 6.04 Å². The maximum absolute atomic E-state index is 9.10. The molecule has 2 rings (SSSR count). The van der Waals surface area contributed by atoms with Gasteiger partial charge in [0.25, 0.3) is 0 Å². The van der Waals surface area contributed by atoms with Gasteiger partial charge in [0.15, 0.2) is 6.04 Å². The molecule has 1 aliphatic heterocycles. The molecule has 5 heteroatoms. The molecule has 1 aromatic heterocycles. The summed E-state index contributed by atoms with van der Waals surface area (Å²) in [5, 5.41) is 15.2. The molecule has 0 bridgehead atoms. The molecular formula is C9H12N4S. The monoisotopic (exact) mass is 208 g/mol. The Balaban J connectivity index is 2.09. The smallest absolute Gasteiger partial charge is 0.150 e. The van der Waals surface area contributed by atoms with E-state index < -0.39 is 0 Å². The highest BCUT2D eigenvalue weighted by Crippen LogP contribution is 2.21. The van der Waals surface area contributed by atoms with Gasteiger partial charge in [-0.25, -0.2) is 4.98 Å². The van der Waals surface area contributed by atoms with Crippen LogP contribution in [0, 0.1) is 11.3 Å². The summed E-state index contributed by atoms with van der Waals surface area (Å²) in [6.07, 6.45) is 1.76. The summed E-state index contributed by atoms with van der Waals surface area (Å²) in [6, 6.07) is 2.16. The highest BCUT2D eigenvalue weighted by Gasteiger charge is 2.23. The summed E-state index contributed by atoms with van der Waals surface area (Å²) >= 11 is 1.55. The first-order chi connectivity index (χ1) is 6.92. The molecule has 0 spiro atoms. The maximum Gasteiger partial charge on any atom is 0.150 e. The molecule has 1 atom stereocenters. The zero-order valence-electron chi connectivity index (χ0n) is 7.81. The second-order valence-corrected chi connectivity index (χ2v) is 4.11. The minimum Gasteiger partial charge on any atom is -0.314 e. The molecule has 1 unspecified atom stereocenters. The Bertz CT molecular complexity index is 310. The van der Waals surface area contributed by atoms with Crippen LogP contribution >= 0.6 is 11.3 Å². The van der Waals surface area contributed by atoms with E-state index in [1.165, 1.54) is 0 Å². The first-order valence-corrected chi connectivity index (χ1v) is 5.53. The van der Waals surface area contributed by atoms with Crippen LogP contribution in [0.25, 0.3) is 0 Å². The van der Waals surface area contributed by atoms with Crippen molar-refractivity contribution in [3.63, 3.8) is 0 Å². The largest absolute Gasteiger partial charge is 0.314 e. The molecule has 0 amide bonds. The van der Waals surface area contributed by atoms with Crippen LogP contribution in [0.1, 0.15) is 11.0 Å². The fourth-order valence-corrected chi connectivity index (χ4v) is 2.32. The first kappa shape index (κ1) is 9.59. The van der Waals surface area contributed by atoms with Crippen molar-refractivity contribution in [2.75, 3.05) is 26.2 Å². The molecule has 0 radical (unpaired) electrons. The van der Waals surface area contributed by atoms with Gasteiger partial charge in [0.05, 0.1) is 6.07 Å². The number of nitrogens with one attached hydrogen (secondary N) is 1. The molecule has 2 heterocycles. The van der Waals surface area contributed by atoms with E-state index in [0.717, 1.165) is 31.2 Å². The fourth-order valence-electron chi connectivity index (χ4n) is 1.60. The number of nitriles is 1. The predicted octanol–water partition coefficient (Wildman–Crippen LogP) is 0.613. The van der Waals surface area contributed by atoms with Crippen LogP contribution in [0.15, 0.2) is 11.6 Å². The maximum atomic E-state index is 9.10. The zero-order valence-corrected chi connectivity index (χ0v) is 8.63. The number of nitrogens with zero attached hydrogens (tertiary/aromatic N) is 3. The lowest BCUT2D eigenvalue weighted by Gasteiger charge is -2.29. The second-order valence-electron chi connectivity index (χ2n) is 3.19. The molecule has 74 valence electrons. The van der Waals surface area contributed by atoms with Crippen LogP contribution in [0.5, 0.6) is 0 Å². The van der Waals surface area contributed by atoms with Gasteiger partial charge in [-0.15, -0.1) is 11.3 Å². The van der Waals surface area contributed by atoms with E-state index in [0.29, 0.717) is 0 Å². The number of rotatable bonds is 2. The van der Waals surface area contributed by atoms with Crippen LogP contribution < -0.4 is 5.32 Å². The Morgan fingerprint density at radius 3 is 2.93 bits per heavy atom. The number of hydrogen-bond acceptors (Lipinski definition) is 5. The van der Waals surface area contributed by atoms with Gasteiger partial charge in [-0.3, -0.25) is 4.90 Å². The van der Waals surface area contributed by atoms with Crippen molar-refractivity contribution in [3.05, 3.63) is 16.6 Å². The third-order valence-corrected chi connectivity index (χ3v) is 3.15. The summed E-state index contributed by atoms with van der Waals surface area (Å²) < 4.78 is 0. The number of hydrogen-bond donors (Lipinski definition) is 1. The van der Waals surface area contributed by atoms with Crippen molar-refractivity contribution in [2.24, 2.45) is 0 Å². The third-order valence-electron chi connectivity index (χ3n) is 2.32. The predicted molar refractivity (Wildman–Crippen MR) is 54.9 cm³/mol. The van der Waals surface area contributed by atoms with Gasteiger partial charge < -0.3 is 5.32 Å². The third kappa shape index (κ3) is 1.93. The average Bonchev–Trinajstić information content (AvgIpc) is 2.74. The van der Waals surface area contributed by atoms with E-state index >= 15 is 0 Å². The number of piperazine rings is 1. The molecule has 0 aliphatic carbocycles. The summed E-state index contributed by atoms with van der Waals surface area (Å²) in [4.78, 5) is 6.37. The first-order valence-electron chi connectivity index (χ1n) is 4.65. The summed E-state index contributed by atoms with van der Waals surface area (Å²) in [5.74, 6) is 0. The summed E-state index contributed by atoms with van der Waals surface area (Å²) in [7, 11) is 0. The summed E-state index contributed by atoms with van der Waals surface area (Å²) in [6.45, 7) is 3.78. The average molecular weight is 208 g/mol. The van der Waals surface area contributed by atoms with Crippen LogP contribution in [0.4, 0.5) is 0 Å². The van der Waals surface area contributed by atoms with E-state index in [2.05, 4.69) is 21.3 Å². The van der Waals surface area contributed by atoms with Crippen molar-refractivity contribution >= 4 is 11.3 Å². The highest BCUT2D eigenvalue weighted by atomic mass is 32.1. The van der Waals surface area contributed by atoms with E-state index in [4.69, 9.17) is 5.26 Å². The fraction of sp³-hybridized carbons (Fsp3) is 0.556. The number of thiazole rings is 1. The summed E-state index contributed by atoms with van der Waals surface area (Å²) in [5.41, 5.74) is 0. The molecule has 0 saturated carbocycles.